The molecule has 5 nitrogen and oxygen atoms in total. The fraction of sp³-hybridized carbons (Fsp3) is 0.900. The van der Waals surface area contributed by atoms with Crippen LogP contribution in [0.2, 0.25) is 6.55 Å². The maximum Gasteiger partial charge on any atom is 0.498 e. The molecule has 0 N–H and O–H groups in total. The molecule has 0 bridgehead atoms. The quantitative estimate of drug-likeness (QED) is 0.484. The first-order valence-electron chi connectivity index (χ1n) is 5.61. The van der Waals surface area contributed by atoms with Crippen LogP contribution in [0.4, 0.5) is 0 Å². The minimum absolute atomic E-state index is 0.341. The summed E-state index contributed by atoms with van der Waals surface area (Å²) in [6.45, 7) is 10.2. The van der Waals surface area contributed by atoms with Gasteiger partial charge in [0.05, 0.1) is 6.61 Å². The molecule has 16 heavy (non-hydrogen) atoms. The number of carbonyl (C=O) groups is 1. The van der Waals surface area contributed by atoms with Crippen molar-refractivity contribution in [2.75, 3.05) is 19.8 Å². The Balaban J connectivity index is 4.32. The molecule has 0 heterocycles. The van der Waals surface area contributed by atoms with E-state index in [0.717, 1.165) is 0 Å². The van der Waals surface area contributed by atoms with E-state index < -0.39 is 14.9 Å². The van der Waals surface area contributed by atoms with Gasteiger partial charge < -0.3 is 18.0 Å². The average Bonchev–Trinajstić information content (AvgIpc) is 2.18. The number of carbonyl (C=O) groups excluding carboxylic acids is 1. The Morgan fingerprint density at radius 2 is 1.62 bits per heavy atom. The van der Waals surface area contributed by atoms with Gasteiger partial charge in [0.25, 0.3) is 0 Å². The lowest BCUT2D eigenvalue weighted by Gasteiger charge is -2.27. The van der Waals surface area contributed by atoms with Crippen LogP contribution in [0.15, 0.2) is 0 Å². The van der Waals surface area contributed by atoms with Gasteiger partial charge in [-0.15, -0.1) is 0 Å². The predicted octanol–water partition coefficient (Wildman–Crippen LogP) is 1.60. The second-order valence-electron chi connectivity index (χ2n) is 3.24. The van der Waals surface area contributed by atoms with Gasteiger partial charge >= 0.3 is 14.8 Å². The van der Waals surface area contributed by atoms with Crippen LogP contribution in [-0.2, 0) is 22.8 Å². The van der Waals surface area contributed by atoms with Gasteiger partial charge in [-0.3, -0.25) is 0 Å². The van der Waals surface area contributed by atoms with Crippen LogP contribution >= 0.6 is 0 Å². The van der Waals surface area contributed by atoms with Crippen molar-refractivity contribution in [3.8, 4) is 0 Å². The summed E-state index contributed by atoms with van der Waals surface area (Å²) in [5.41, 5.74) is 0. The van der Waals surface area contributed by atoms with Gasteiger partial charge in [0.1, 0.15) is 6.10 Å². The van der Waals surface area contributed by atoms with Gasteiger partial charge in [0, 0.05) is 19.8 Å². The lowest BCUT2D eigenvalue weighted by atomic mass is 10.4. The number of ether oxygens (including phenoxy) is 1. The summed E-state index contributed by atoms with van der Waals surface area (Å²) in [4.78, 5) is 11.4. The molecule has 0 fully saturated rings. The van der Waals surface area contributed by atoms with Crippen molar-refractivity contribution in [1.82, 2.24) is 0 Å². The molecule has 96 valence electrons. The molecule has 0 saturated carbocycles. The topological polar surface area (TPSA) is 54.0 Å². The van der Waals surface area contributed by atoms with E-state index in [2.05, 4.69) is 0 Å². The summed E-state index contributed by atoms with van der Waals surface area (Å²) in [6.07, 6.45) is -0.658. The second kappa shape index (κ2) is 7.78. The molecule has 0 rings (SSSR count). The molecule has 1 atom stereocenters. The molecule has 0 aromatic carbocycles. The maximum atomic E-state index is 11.4. The number of rotatable bonds is 8. The van der Waals surface area contributed by atoms with E-state index in [9.17, 15) is 4.79 Å². The lowest BCUT2D eigenvalue weighted by Crippen LogP contribution is -2.47. The fourth-order valence-electron chi connectivity index (χ4n) is 1.26. The molecule has 6 heteroatoms. The predicted molar refractivity (Wildman–Crippen MR) is 62.1 cm³/mol. The van der Waals surface area contributed by atoms with Crippen LogP contribution in [-0.4, -0.2) is 40.7 Å². The highest BCUT2D eigenvalue weighted by Gasteiger charge is 2.38. The Kier molecular flexibility index (Phi) is 7.57. The SMILES string of the molecule is CCOC(=O)C(C)O[Si](C)(OCC)OCC. The first kappa shape index (κ1) is 15.6. The van der Waals surface area contributed by atoms with Gasteiger partial charge in [0.2, 0.25) is 0 Å². The molecule has 0 aliphatic rings. The van der Waals surface area contributed by atoms with Crippen LogP contribution in [0, 0.1) is 0 Å². The average molecular weight is 250 g/mol. The largest absolute Gasteiger partial charge is 0.498 e. The van der Waals surface area contributed by atoms with E-state index in [1.165, 1.54) is 0 Å². The summed E-state index contributed by atoms with van der Waals surface area (Å²) < 4.78 is 21.3. The smallest absolute Gasteiger partial charge is 0.464 e. The highest BCUT2D eigenvalue weighted by Crippen LogP contribution is 2.13. The Bertz CT molecular complexity index is 203. The van der Waals surface area contributed by atoms with Gasteiger partial charge in [-0.1, -0.05) is 0 Å². The number of hydrogen-bond donors (Lipinski definition) is 0. The maximum absolute atomic E-state index is 11.4. The monoisotopic (exact) mass is 250 g/mol. The van der Waals surface area contributed by atoms with Gasteiger partial charge in [-0.2, -0.15) is 0 Å². The van der Waals surface area contributed by atoms with Crippen LogP contribution in [0.3, 0.4) is 0 Å². The number of hydrogen-bond acceptors (Lipinski definition) is 5. The van der Waals surface area contributed by atoms with E-state index in [1.807, 2.05) is 13.8 Å². The summed E-state index contributed by atoms with van der Waals surface area (Å²) in [5, 5.41) is 0. The van der Waals surface area contributed by atoms with Gasteiger partial charge in [0.15, 0.2) is 0 Å². The van der Waals surface area contributed by atoms with Crippen molar-refractivity contribution < 1.29 is 22.8 Å². The highest BCUT2D eigenvalue weighted by atomic mass is 28.4. The normalized spacial score (nSPS) is 13.6. The van der Waals surface area contributed by atoms with E-state index in [4.69, 9.17) is 18.0 Å². The van der Waals surface area contributed by atoms with Crippen molar-refractivity contribution >= 4 is 14.8 Å². The zero-order chi connectivity index (χ0) is 12.6. The molecule has 0 aromatic heterocycles. The molecular weight excluding hydrogens is 228 g/mol. The summed E-state index contributed by atoms with van der Waals surface area (Å²) in [6, 6.07) is 0. The van der Waals surface area contributed by atoms with Crippen LogP contribution in [0.5, 0.6) is 0 Å². The first-order chi connectivity index (χ1) is 7.49. The summed E-state index contributed by atoms with van der Waals surface area (Å²) in [7, 11) is -2.71. The molecule has 0 aromatic rings. The van der Waals surface area contributed by atoms with E-state index in [0.29, 0.717) is 19.8 Å². The first-order valence-corrected chi connectivity index (χ1v) is 7.83. The van der Waals surface area contributed by atoms with Crippen molar-refractivity contribution in [2.24, 2.45) is 0 Å². The van der Waals surface area contributed by atoms with Crippen molar-refractivity contribution in [3.05, 3.63) is 0 Å². The third kappa shape index (κ3) is 5.60. The molecule has 0 saturated heterocycles. The zero-order valence-corrected chi connectivity index (χ0v) is 11.7. The van der Waals surface area contributed by atoms with Crippen LogP contribution in [0.25, 0.3) is 0 Å². The summed E-state index contributed by atoms with van der Waals surface area (Å²) in [5.74, 6) is -0.388. The Hall–Kier alpha value is -0.433. The van der Waals surface area contributed by atoms with E-state index >= 15 is 0 Å². The fourth-order valence-corrected chi connectivity index (χ4v) is 3.27. The van der Waals surface area contributed by atoms with E-state index in [1.54, 1.807) is 20.4 Å². The van der Waals surface area contributed by atoms with E-state index in [-0.39, 0.29) is 5.97 Å². The Labute approximate surface area is 98.4 Å². The minimum Gasteiger partial charge on any atom is -0.464 e. The van der Waals surface area contributed by atoms with Crippen molar-refractivity contribution in [1.29, 1.82) is 0 Å². The summed E-state index contributed by atoms with van der Waals surface area (Å²) >= 11 is 0. The molecule has 0 radical (unpaired) electrons. The minimum atomic E-state index is -2.71. The molecule has 1 unspecified atom stereocenters. The van der Waals surface area contributed by atoms with Crippen LogP contribution in [0.1, 0.15) is 27.7 Å². The molecule has 0 amide bonds. The van der Waals surface area contributed by atoms with Gasteiger partial charge in [-0.05, 0) is 27.7 Å². The zero-order valence-electron chi connectivity index (χ0n) is 10.7. The molecule has 0 spiro atoms. The Morgan fingerprint density at radius 1 is 1.12 bits per heavy atom. The molecule has 0 aliphatic heterocycles. The Morgan fingerprint density at radius 3 is 2.00 bits per heavy atom. The third-order valence-corrected chi connectivity index (χ3v) is 4.23. The molecular formula is C10H22O5Si. The van der Waals surface area contributed by atoms with Gasteiger partial charge in [-0.25, -0.2) is 4.79 Å². The van der Waals surface area contributed by atoms with Crippen molar-refractivity contribution in [3.63, 3.8) is 0 Å². The second-order valence-corrected chi connectivity index (χ2v) is 5.78. The highest BCUT2D eigenvalue weighted by molar-refractivity contribution is 6.59. The standard InChI is InChI=1S/C10H22O5Si/c1-6-12-10(11)9(4)15-16(5,13-7-2)14-8-3/h9H,6-8H2,1-5H3. The van der Waals surface area contributed by atoms with Crippen molar-refractivity contribution in [2.45, 2.75) is 40.3 Å². The molecule has 0 aliphatic carbocycles. The third-order valence-electron chi connectivity index (χ3n) is 1.82. The lowest BCUT2D eigenvalue weighted by molar-refractivity contribution is -0.153. The number of esters is 1. The van der Waals surface area contributed by atoms with Crippen LogP contribution < -0.4 is 0 Å².